The van der Waals surface area contributed by atoms with Crippen molar-refractivity contribution in [2.75, 3.05) is 0 Å². The minimum Gasteiger partial charge on any atom is -0.398 e. The van der Waals surface area contributed by atoms with E-state index in [-0.39, 0.29) is 12.1 Å². The number of nitrogens with zero attached hydrogens (tertiary/aromatic N) is 2. The van der Waals surface area contributed by atoms with E-state index in [0.717, 1.165) is 44.6 Å². The molecule has 2 aromatic heterocycles. The Balaban J connectivity index is 1.17. The highest BCUT2D eigenvalue weighted by Gasteiger charge is 2.19. The van der Waals surface area contributed by atoms with Crippen molar-refractivity contribution in [3.05, 3.63) is 223 Å². The second kappa shape index (κ2) is 14.5. The normalized spacial score (nSPS) is 13.1. The Morgan fingerprint density at radius 3 is 1.33 bits per heavy atom. The van der Waals surface area contributed by atoms with Crippen LogP contribution in [-0.2, 0) is 0 Å². The molecular weight excluding hydrogens is 693 g/mol. The first-order valence-electron chi connectivity index (χ1n) is 19.7. The zero-order chi connectivity index (χ0) is 38.3. The fraction of sp³-hybridized carbons (Fsp3) is 0.0566. The third kappa shape index (κ3) is 6.27. The highest BCUT2D eigenvalue weighted by Crippen LogP contribution is 2.37. The molecule has 0 aliphatic carbocycles. The molecule has 0 aliphatic rings. The Morgan fingerprint density at radius 1 is 0.456 bits per heavy atom. The van der Waals surface area contributed by atoms with Crippen molar-refractivity contribution in [1.29, 1.82) is 0 Å². The Morgan fingerprint density at radius 2 is 0.860 bits per heavy atom. The molecule has 2 heterocycles. The summed E-state index contributed by atoms with van der Waals surface area (Å²) in [6, 6.07) is 71.4. The van der Waals surface area contributed by atoms with Crippen LogP contribution in [0.2, 0.25) is 0 Å². The molecule has 274 valence electrons. The molecule has 0 amide bonds. The van der Waals surface area contributed by atoms with E-state index in [2.05, 4.69) is 228 Å². The van der Waals surface area contributed by atoms with Crippen molar-refractivity contribution in [2.24, 2.45) is 5.73 Å². The van der Waals surface area contributed by atoms with Crippen LogP contribution < -0.4 is 11.1 Å². The summed E-state index contributed by atoms with van der Waals surface area (Å²) in [6.45, 7) is 2.22. The number of rotatable bonds is 9. The molecule has 3 N–H and O–H groups in total. The van der Waals surface area contributed by atoms with Gasteiger partial charge in [-0.2, -0.15) is 0 Å². The second-order valence-electron chi connectivity index (χ2n) is 14.9. The zero-order valence-electron chi connectivity index (χ0n) is 31.8. The lowest BCUT2D eigenvalue weighted by Gasteiger charge is -2.23. The van der Waals surface area contributed by atoms with Crippen LogP contribution in [0.1, 0.15) is 35.7 Å². The largest absolute Gasteiger partial charge is 0.398 e. The summed E-state index contributed by atoms with van der Waals surface area (Å²) >= 11 is 0. The third-order valence-corrected chi connectivity index (χ3v) is 11.4. The number of para-hydroxylation sites is 4. The molecule has 10 rings (SSSR count). The van der Waals surface area contributed by atoms with Gasteiger partial charge in [0.1, 0.15) is 0 Å². The molecule has 4 heteroatoms. The first kappa shape index (κ1) is 34.4. The zero-order valence-corrected chi connectivity index (χ0v) is 31.8. The van der Waals surface area contributed by atoms with Gasteiger partial charge in [0.2, 0.25) is 0 Å². The van der Waals surface area contributed by atoms with E-state index in [4.69, 9.17) is 5.73 Å². The van der Waals surface area contributed by atoms with Crippen molar-refractivity contribution in [3.63, 3.8) is 0 Å². The highest BCUT2D eigenvalue weighted by atomic mass is 15.0. The summed E-state index contributed by atoms with van der Waals surface area (Å²) in [5.74, 6) is 0. The van der Waals surface area contributed by atoms with Crippen LogP contribution in [-0.4, -0.2) is 9.13 Å². The van der Waals surface area contributed by atoms with Gasteiger partial charge in [-0.05, 0) is 77.7 Å². The summed E-state index contributed by atoms with van der Waals surface area (Å²) in [4.78, 5) is 0. The topological polar surface area (TPSA) is 47.9 Å². The van der Waals surface area contributed by atoms with E-state index in [1.807, 2.05) is 0 Å². The van der Waals surface area contributed by atoms with Crippen LogP contribution in [0.4, 0.5) is 0 Å². The summed E-state index contributed by atoms with van der Waals surface area (Å²) in [7, 11) is 0. The molecule has 0 saturated heterocycles. The summed E-state index contributed by atoms with van der Waals surface area (Å²) < 4.78 is 4.77. The number of hydrogen-bond donors (Lipinski definition) is 2. The SMILES string of the molecule is CC(NC(/C=C(\N)c1cc(-n2c3ccccc3c3ccccc32)cc(-n2c3ccccc3c3ccccc32)c1)c1ccc(-c2ccccc2)cc1)c1ccccc1. The fourth-order valence-corrected chi connectivity index (χ4v) is 8.56. The minimum absolute atomic E-state index is 0.0751. The average Bonchev–Trinajstić information content (AvgIpc) is 3.80. The number of hydrogen-bond acceptors (Lipinski definition) is 2. The first-order chi connectivity index (χ1) is 28.1. The predicted molar refractivity (Wildman–Crippen MR) is 240 cm³/mol. The van der Waals surface area contributed by atoms with Crippen LogP contribution in [0.15, 0.2) is 206 Å². The van der Waals surface area contributed by atoms with E-state index in [1.165, 1.54) is 38.2 Å². The number of fused-ring (bicyclic) bond motifs is 6. The maximum absolute atomic E-state index is 7.37. The van der Waals surface area contributed by atoms with Gasteiger partial charge in [0.15, 0.2) is 0 Å². The van der Waals surface area contributed by atoms with E-state index in [0.29, 0.717) is 5.70 Å². The first-order valence-corrected chi connectivity index (χ1v) is 19.7. The van der Waals surface area contributed by atoms with Crippen molar-refractivity contribution >= 4 is 49.3 Å². The molecule has 0 bridgehead atoms. The quantitative estimate of drug-likeness (QED) is 0.155. The van der Waals surface area contributed by atoms with Gasteiger partial charge in [0.05, 0.1) is 28.1 Å². The van der Waals surface area contributed by atoms with Crippen molar-refractivity contribution in [3.8, 4) is 22.5 Å². The number of nitrogens with one attached hydrogen (secondary N) is 1. The maximum Gasteiger partial charge on any atom is 0.0541 e. The van der Waals surface area contributed by atoms with Gasteiger partial charge in [0, 0.05) is 50.2 Å². The highest BCUT2D eigenvalue weighted by molar-refractivity contribution is 6.10. The Hall–Kier alpha value is -7.14. The summed E-state index contributed by atoms with van der Waals surface area (Å²) in [5, 5.41) is 8.81. The van der Waals surface area contributed by atoms with Gasteiger partial charge in [0.25, 0.3) is 0 Å². The number of nitrogens with two attached hydrogens (primary N) is 1. The van der Waals surface area contributed by atoms with Gasteiger partial charge >= 0.3 is 0 Å². The van der Waals surface area contributed by atoms with E-state index in [9.17, 15) is 0 Å². The molecule has 8 aromatic carbocycles. The van der Waals surface area contributed by atoms with Gasteiger partial charge in [-0.1, -0.05) is 158 Å². The number of benzene rings is 8. The molecule has 0 radical (unpaired) electrons. The Bertz CT molecular complexity index is 2820. The monoisotopic (exact) mass is 734 g/mol. The molecular formula is C53H42N4. The second-order valence-corrected chi connectivity index (χ2v) is 14.9. The maximum atomic E-state index is 7.37. The van der Waals surface area contributed by atoms with Crippen LogP contribution in [0.5, 0.6) is 0 Å². The van der Waals surface area contributed by atoms with Crippen LogP contribution in [0, 0.1) is 0 Å². The Labute approximate surface area is 332 Å². The molecule has 57 heavy (non-hydrogen) atoms. The molecule has 0 saturated carbocycles. The fourth-order valence-electron chi connectivity index (χ4n) is 8.56. The predicted octanol–water partition coefficient (Wildman–Crippen LogP) is 12.9. The third-order valence-electron chi connectivity index (χ3n) is 11.4. The molecule has 10 aromatic rings. The lowest BCUT2D eigenvalue weighted by molar-refractivity contribution is 0.527. The van der Waals surface area contributed by atoms with Gasteiger partial charge in [-0.25, -0.2) is 0 Å². The van der Waals surface area contributed by atoms with E-state index in [1.54, 1.807) is 0 Å². The van der Waals surface area contributed by atoms with Crippen LogP contribution in [0.3, 0.4) is 0 Å². The molecule has 4 nitrogen and oxygen atoms in total. The van der Waals surface area contributed by atoms with Crippen LogP contribution in [0.25, 0.3) is 71.8 Å². The Kier molecular flexibility index (Phi) is 8.74. The molecule has 2 atom stereocenters. The molecule has 2 unspecified atom stereocenters. The van der Waals surface area contributed by atoms with Crippen LogP contribution >= 0.6 is 0 Å². The molecule has 0 aliphatic heterocycles. The smallest absolute Gasteiger partial charge is 0.0541 e. The lowest BCUT2D eigenvalue weighted by Crippen LogP contribution is -2.24. The van der Waals surface area contributed by atoms with Crippen molar-refractivity contribution in [2.45, 2.75) is 19.0 Å². The molecule has 0 fully saturated rings. The summed E-state index contributed by atoms with van der Waals surface area (Å²) in [5.41, 5.74) is 20.5. The van der Waals surface area contributed by atoms with Gasteiger partial charge in [-0.15, -0.1) is 0 Å². The van der Waals surface area contributed by atoms with Crippen molar-refractivity contribution < 1.29 is 0 Å². The van der Waals surface area contributed by atoms with Gasteiger partial charge < -0.3 is 20.2 Å². The van der Waals surface area contributed by atoms with E-state index >= 15 is 0 Å². The molecule has 0 spiro atoms. The van der Waals surface area contributed by atoms with E-state index < -0.39 is 0 Å². The standard InChI is InChI=1S/C53H42N4/c1-36(37-16-4-2-5-17-37)55-49(40-30-28-39(29-31-40)38-18-6-3-7-19-38)35-48(54)41-32-42(56-50-24-12-8-20-44(50)45-21-9-13-25-51(45)56)34-43(33-41)57-52-26-14-10-22-46(52)47-23-11-15-27-53(47)57/h2-36,49,55H,54H2,1H3/b48-35-. The summed E-state index contributed by atoms with van der Waals surface area (Å²) in [6.07, 6.45) is 2.19. The van der Waals surface area contributed by atoms with Gasteiger partial charge in [-0.3, -0.25) is 0 Å². The minimum atomic E-state index is -0.168. The lowest BCUT2D eigenvalue weighted by atomic mass is 9.97. The average molecular weight is 735 g/mol. The van der Waals surface area contributed by atoms with Crippen molar-refractivity contribution in [1.82, 2.24) is 14.5 Å². The number of aromatic nitrogens is 2.